The molecular formula is C18H14N6O2. The predicted octanol–water partition coefficient (Wildman–Crippen LogP) is 2.43. The van der Waals surface area contributed by atoms with Crippen LogP contribution < -0.4 is 0 Å². The average molecular weight is 346 g/mol. The SMILES string of the molecule is Cn1ncc(-c2ccccc2-c2ccc(-n3nncc3C(=O)O)cc2)n1. The zero-order valence-corrected chi connectivity index (χ0v) is 13.8. The number of nitrogens with zero attached hydrogens (tertiary/aromatic N) is 6. The second-order valence-corrected chi connectivity index (χ2v) is 5.65. The summed E-state index contributed by atoms with van der Waals surface area (Å²) >= 11 is 0. The lowest BCUT2D eigenvalue weighted by Crippen LogP contribution is -2.07. The lowest BCUT2D eigenvalue weighted by molar-refractivity contribution is 0.0687. The second-order valence-electron chi connectivity index (χ2n) is 5.65. The second kappa shape index (κ2) is 6.25. The van der Waals surface area contributed by atoms with Crippen LogP contribution in [0.1, 0.15) is 10.5 Å². The Balaban J connectivity index is 1.75. The molecule has 0 amide bonds. The van der Waals surface area contributed by atoms with Gasteiger partial charge in [-0.25, -0.2) is 9.48 Å². The number of rotatable bonds is 4. The number of carboxylic acids is 1. The van der Waals surface area contributed by atoms with Crippen LogP contribution in [0.3, 0.4) is 0 Å². The Morgan fingerprint density at radius 3 is 2.38 bits per heavy atom. The van der Waals surface area contributed by atoms with Crippen LogP contribution in [0.25, 0.3) is 28.1 Å². The van der Waals surface area contributed by atoms with Gasteiger partial charge >= 0.3 is 5.97 Å². The molecule has 0 aliphatic heterocycles. The highest BCUT2D eigenvalue weighted by Gasteiger charge is 2.14. The van der Waals surface area contributed by atoms with Crippen LogP contribution in [0.5, 0.6) is 0 Å². The molecule has 2 aromatic carbocycles. The number of hydrogen-bond donors (Lipinski definition) is 1. The number of aromatic carboxylic acids is 1. The Kier molecular flexibility index (Phi) is 3.77. The van der Waals surface area contributed by atoms with Gasteiger partial charge in [-0.1, -0.05) is 41.6 Å². The smallest absolute Gasteiger partial charge is 0.356 e. The number of benzene rings is 2. The highest BCUT2D eigenvalue weighted by atomic mass is 16.4. The van der Waals surface area contributed by atoms with Crippen molar-refractivity contribution in [2.75, 3.05) is 0 Å². The van der Waals surface area contributed by atoms with Crippen LogP contribution in [0.15, 0.2) is 60.9 Å². The molecule has 4 rings (SSSR count). The molecule has 2 heterocycles. The first-order chi connectivity index (χ1) is 12.6. The minimum Gasteiger partial charge on any atom is -0.476 e. The Labute approximate surface area is 148 Å². The molecule has 0 bridgehead atoms. The van der Waals surface area contributed by atoms with Gasteiger partial charge in [-0.15, -0.1) is 5.10 Å². The van der Waals surface area contributed by atoms with Crippen LogP contribution in [-0.4, -0.2) is 41.1 Å². The molecule has 1 N–H and O–H groups in total. The Hall–Kier alpha value is -3.81. The minimum atomic E-state index is -1.08. The summed E-state index contributed by atoms with van der Waals surface area (Å²) in [6, 6.07) is 15.4. The van der Waals surface area contributed by atoms with Gasteiger partial charge in [0.1, 0.15) is 5.69 Å². The van der Waals surface area contributed by atoms with Gasteiger partial charge < -0.3 is 5.11 Å². The van der Waals surface area contributed by atoms with Gasteiger partial charge in [0, 0.05) is 12.6 Å². The molecule has 0 aliphatic rings. The molecule has 0 spiro atoms. The highest BCUT2D eigenvalue weighted by Crippen LogP contribution is 2.31. The third-order valence-corrected chi connectivity index (χ3v) is 3.99. The van der Waals surface area contributed by atoms with Crippen molar-refractivity contribution in [2.45, 2.75) is 0 Å². The quantitative estimate of drug-likeness (QED) is 0.609. The largest absolute Gasteiger partial charge is 0.476 e. The number of carbonyl (C=O) groups is 1. The average Bonchev–Trinajstić information content (AvgIpc) is 3.31. The first-order valence-corrected chi connectivity index (χ1v) is 7.84. The number of carboxylic acid groups (broad SMARTS) is 1. The summed E-state index contributed by atoms with van der Waals surface area (Å²) in [5.41, 5.74) is 4.39. The van der Waals surface area contributed by atoms with E-state index in [2.05, 4.69) is 20.5 Å². The van der Waals surface area contributed by atoms with Crippen LogP contribution in [-0.2, 0) is 7.05 Å². The van der Waals surface area contributed by atoms with E-state index in [9.17, 15) is 9.90 Å². The topological polar surface area (TPSA) is 98.7 Å². The van der Waals surface area contributed by atoms with E-state index in [1.165, 1.54) is 15.7 Å². The van der Waals surface area contributed by atoms with Gasteiger partial charge in [0.15, 0.2) is 5.69 Å². The molecule has 0 fully saturated rings. The first kappa shape index (κ1) is 15.7. The zero-order chi connectivity index (χ0) is 18.1. The molecule has 0 saturated carbocycles. The van der Waals surface area contributed by atoms with Gasteiger partial charge in [-0.05, 0) is 23.3 Å². The van der Waals surface area contributed by atoms with Crippen LogP contribution in [0, 0.1) is 0 Å². The fourth-order valence-corrected chi connectivity index (χ4v) is 2.78. The molecule has 0 aliphatic carbocycles. The number of hydrogen-bond acceptors (Lipinski definition) is 5. The fourth-order valence-electron chi connectivity index (χ4n) is 2.78. The molecule has 0 saturated heterocycles. The summed E-state index contributed by atoms with van der Waals surface area (Å²) in [6.45, 7) is 0. The molecule has 8 heteroatoms. The van der Waals surface area contributed by atoms with Crippen molar-refractivity contribution >= 4 is 5.97 Å². The van der Waals surface area contributed by atoms with E-state index in [1.807, 2.05) is 48.5 Å². The van der Waals surface area contributed by atoms with E-state index >= 15 is 0 Å². The van der Waals surface area contributed by atoms with Crippen LogP contribution in [0.2, 0.25) is 0 Å². The third-order valence-electron chi connectivity index (χ3n) is 3.99. The van der Waals surface area contributed by atoms with Crippen molar-refractivity contribution in [2.24, 2.45) is 7.05 Å². The van der Waals surface area contributed by atoms with Crippen molar-refractivity contribution < 1.29 is 9.90 Å². The molecule has 8 nitrogen and oxygen atoms in total. The number of aryl methyl sites for hydroxylation is 1. The summed E-state index contributed by atoms with van der Waals surface area (Å²) < 4.78 is 1.29. The summed E-state index contributed by atoms with van der Waals surface area (Å²) in [7, 11) is 1.78. The van der Waals surface area contributed by atoms with E-state index in [-0.39, 0.29) is 5.69 Å². The normalized spacial score (nSPS) is 10.8. The zero-order valence-electron chi connectivity index (χ0n) is 13.8. The standard InChI is InChI=1S/C18H14N6O2/c1-23-20-10-16(21-23)15-5-3-2-4-14(15)12-6-8-13(9-7-12)24-17(18(25)26)11-19-22-24/h2-11H,1H3,(H,25,26). The molecule has 128 valence electrons. The van der Waals surface area contributed by atoms with E-state index < -0.39 is 5.97 Å². The van der Waals surface area contributed by atoms with Gasteiger partial charge in [0.05, 0.1) is 18.1 Å². The maximum Gasteiger partial charge on any atom is 0.356 e. The van der Waals surface area contributed by atoms with Crippen molar-refractivity contribution in [1.82, 2.24) is 30.0 Å². The molecule has 26 heavy (non-hydrogen) atoms. The molecular weight excluding hydrogens is 332 g/mol. The van der Waals surface area contributed by atoms with E-state index in [0.29, 0.717) is 5.69 Å². The summed E-state index contributed by atoms with van der Waals surface area (Å²) in [6.07, 6.45) is 2.95. The van der Waals surface area contributed by atoms with Crippen LogP contribution >= 0.6 is 0 Å². The van der Waals surface area contributed by atoms with Crippen molar-refractivity contribution in [3.05, 3.63) is 66.6 Å². The Morgan fingerprint density at radius 2 is 1.73 bits per heavy atom. The van der Waals surface area contributed by atoms with Crippen molar-refractivity contribution in [1.29, 1.82) is 0 Å². The molecule has 0 atom stereocenters. The van der Waals surface area contributed by atoms with Gasteiger partial charge in [-0.3, -0.25) is 0 Å². The van der Waals surface area contributed by atoms with E-state index in [0.717, 1.165) is 22.4 Å². The molecule has 0 unspecified atom stereocenters. The van der Waals surface area contributed by atoms with Crippen molar-refractivity contribution in [3.8, 4) is 28.1 Å². The summed E-state index contributed by atoms with van der Waals surface area (Å²) in [5.74, 6) is -1.08. The monoisotopic (exact) mass is 346 g/mol. The fraction of sp³-hybridized carbons (Fsp3) is 0.0556. The van der Waals surface area contributed by atoms with Crippen molar-refractivity contribution in [3.63, 3.8) is 0 Å². The number of aromatic nitrogens is 6. The molecule has 2 aromatic heterocycles. The highest BCUT2D eigenvalue weighted by molar-refractivity contribution is 5.86. The Morgan fingerprint density at radius 1 is 1.00 bits per heavy atom. The van der Waals surface area contributed by atoms with Crippen LogP contribution in [0.4, 0.5) is 0 Å². The molecule has 4 aromatic rings. The molecule has 0 radical (unpaired) electrons. The van der Waals surface area contributed by atoms with E-state index in [4.69, 9.17) is 0 Å². The van der Waals surface area contributed by atoms with Gasteiger partial charge in [-0.2, -0.15) is 15.0 Å². The van der Waals surface area contributed by atoms with Gasteiger partial charge in [0.25, 0.3) is 0 Å². The summed E-state index contributed by atoms with van der Waals surface area (Å²) in [4.78, 5) is 12.8. The first-order valence-electron chi connectivity index (χ1n) is 7.84. The maximum atomic E-state index is 11.2. The van der Waals surface area contributed by atoms with E-state index in [1.54, 1.807) is 13.2 Å². The summed E-state index contributed by atoms with van der Waals surface area (Å²) in [5, 5.41) is 25.2. The predicted molar refractivity (Wildman–Crippen MR) is 93.8 cm³/mol. The third kappa shape index (κ3) is 2.73. The van der Waals surface area contributed by atoms with Gasteiger partial charge in [0.2, 0.25) is 0 Å². The lowest BCUT2D eigenvalue weighted by atomic mass is 9.98. The Bertz CT molecular complexity index is 1080. The maximum absolute atomic E-state index is 11.2. The minimum absolute atomic E-state index is 0.0118. The lowest BCUT2D eigenvalue weighted by Gasteiger charge is -2.09.